The first kappa shape index (κ1) is 27.4. The van der Waals surface area contributed by atoms with Gasteiger partial charge in [-0.3, -0.25) is 13.9 Å². The molecule has 0 spiro atoms. The van der Waals surface area contributed by atoms with Crippen LogP contribution in [0.5, 0.6) is 0 Å². The van der Waals surface area contributed by atoms with Crippen LogP contribution in [0.15, 0.2) is 42.5 Å². The molecule has 0 aliphatic carbocycles. The molecule has 0 bridgehead atoms. The van der Waals surface area contributed by atoms with Gasteiger partial charge < -0.3 is 10.2 Å². The smallest absolute Gasteiger partial charge is 0.244 e. The van der Waals surface area contributed by atoms with Crippen LogP contribution in [0.3, 0.4) is 0 Å². The summed E-state index contributed by atoms with van der Waals surface area (Å²) in [5.41, 5.74) is 4.28. The third-order valence-corrected chi connectivity index (χ3v) is 7.02. The van der Waals surface area contributed by atoms with E-state index < -0.39 is 28.5 Å². The molecular weight excluding hydrogens is 450 g/mol. The number of amides is 2. The van der Waals surface area contributed by atoms with E-state index in [4.69, 9.17) is 0 Å². The Morgan fingerprint density at radius 3 is 2.15 bits per heavy atom. The van der Waals surface area contributed by atoms with Crippen LogP contribution in [-0.4, -0.2) is 50.0 Å². The van der Waals surface area contributed by atoms with Crippen molar-refractivity contribution in [3.63, 3.8) is 0 Å². The number of rotatable bonds is 10. The average Bonchev–Trinajstić information content (AvgIpc) is 2.73. The van der Waals surface area contributed by atoms with E-state index >= 15 is 0 Å². The van der Waals surface area contributed by atoms with E-state index in [-0.39, 0.29) is 18.5 Å². The third-order valence-electron chi connectivity index (χ3n) is 5.88. The minimum Gasteiger partial charge on any atom is -0.352 e. The molecule has 0 saturated heterocycles. The monoisotopic (exact) mass is 487 g/mol. The van der Waals surface area contributed by atoms with Crippen molar-refractivity contribution >= 4 is 27.5 Å². The molecule has 0 radical (unpaired) electrons. The fraction of sp³-hybridized carbons (Fsp3) is 0.462. The second kappa shape index (κ2) is 11.5. The maximum Gasteiger partial charge on any atom is 0.244 e. The number of nitrogens with zero attached hydrogens (tertiary/aromatic N) is 2. The van der Waals surface area contributed by atoms with E-state index in [2.05, 4.69) is 5.32 Å². The molecule has 8 heteroatoms. The van der Waals surface area contributed by atoms with Gasteiger partial charge in [0.05, 0.1) is 11.9 Å². The maximum absolute atomic E-state index is 13.7. The minimum atomic E-state index is -3.74. The number of hydrogen-bond acceptors (Lipinski definition) is 4. The molecule has 0 aliphatic heterocycles. The van der Waals surface area contributed by atoms with Crippen LogP contribution in [-0.2, 0) is 26.2 Å². The zero-order valence-corrected chi connectivity index (χ0v) is 22.1. The van der Waals surface area contributed by atoms with Crippen LogP contribution >= 0.6 is 0 Å². The molecule has 34 heavy (non-hydrogen) atoms. The van der Waals surface area contributed by atoms with Crippen LogP contribution in [0.2, 0.25) is 0 Å². The number of anilines is 1. The lowest BCUT2D eigenvalue weighted by molar-refractivity contribution is -0.140. The first-order valence-corrected chi connectivity index (χ1v) is 13.4. The highest BCUT2D eigenvalue weighted by molar-refractivity contribution is 7.92. The standard InChI is InChI=1S/C26H37N3O4S/c1-8-24(26(31)27-18(2)3)28(16-22-12-10-9-11-20(22)5)25(30)17-29(34(7,32)33)23-14-13-19(4)21(6)15-23/h9-15,18,24H,8,16-17H2,1-7H3,(H,27,31)/t24-/m0/s1. The van der Waals surface area contributed by atoms with E-state index in [1.807, 2.05) is 71.9 Å². The Labute approximate surface area is 204 Å². The molecule has 1 N–H and O–H groups in total. The Bertz CT molecular complexity index is 1130. The molecule has 2 aromatic carbocycles. The molecule has 0 fully saturated rings. The number of sulfonamides is 1. The van der Waals surface area contributed by atoms with Gasteiger partial charge in [0.25, 0.3) is 0 Å². The van der Waals surface area contributed by atoms with Crippen molar-refractivity contribution in [3.8, 4) is 0 Å². The average molecular weight is 488 g/mol. The summed E-state index contributed by atoms with van der Waals surface area (Å²) in [7, 11) is -3.74. The van der Waals surface area contributed by atoms with E-state index in [1.54, 1.807) is 12.1 Å². The van der Waals surface area contributed by atoms with Crippen LogP contribution in [0, 0.1) is 20.8 Å². The molecule has 0 heterocycles. The highest BCUT2D eigenvalue weighted by atomic mass is 32.2. The topological polar surface area (TPSA) is 86.8 Å². The first-order valence-electron chi connectivity index (χ1n) is 11.5. The molecule has 2 aromatic rings. The Balaban J connectivity index is 2.48. The lowest BCUT2D eigenvalue weighted by atomic mass is 10.1. The second-order valence-electron chi connectivity index (χ2n) is 9.07. The van der Waals surface area contributed by atoms with Crippen molar-refractivity contribution in [2.75, 3.05) is 17.1 Å². The Morgan fingerprint density at radius 2 is 1.62 bits per heavy atom. The Morgan fingerprint density at radius 1 is 0.971 bits per heavy atom. The van der Waals surface area contributed by atoms with Crippen molar-refractivity contribution in [2.45, 2.75) is 66.6 Å². The summed E-state index contributed by atoms with van der Waals surface area (Å²) >= 11 is 0. The molecule has 7 nitrogen and oxygen atoms in total. The van der Waals surface area contributed by atoms with Gasteiger partial charge in [-0.25, -0.2) is 8.42 Å². The summed E-state index contributed by atoms with van der Waals surface area (Å²) in [4.78, 5) is 28.2. The zero-order chi connectivity index (χ0) is 25.6. The molecular formula is C26H37N3O4S. The van der Waals surface area contributed by atoms with Gasteiger partial charge in [0, 0.05) is 12.6 Å². The molecule has 2 rings (SSSR count). The molecule has 1 atom stereocenters. The predicted molar refractivity (Wildman–Crippen MR) is 137 cm³/mol. The van der Waals surface area contributed by atoms with Crippen LogP contribution in [0.1, 0.15) is 49.4 Å². The van der Waals surface area contributed by atoms with E-state index in [0.29, 0.717) is 12.1 Å². The Hall–Kier alpha value is -2.87. The van der Waals surface area contributed by atoms with Gasteiger partial charge in [-0.2, -0.15) is 0 Å². The number of hydrogen-bond donors (Lipinski definition) is 1. The fourth-order valence-corrected chi connectivity index (χ4v) is 4.61. The molecule has 0 unspecified atom stereocenters. The first-order chi connectivity index (χ1) is 15.8. The fourth-order valence-electron chi connectivity index (χ4n) is 3.77. The van der Waals surface area contributed by atoms with Gasteiger partial charge in [0.2, 0.25) is 21.8 Å². The van der Waals surface area contributed by atoms with E-state index in [0.717, 1.165) is 32.8 Å². The number of carbonyl (C=O) groups is 2. The zero-order valence-electron chi connectivity index (χ0n) is 21.3. The van der Waals surface area contributed by atoms with Gasteiger partial charge in [-0.05, 0) is 75.4 Å². The van der Waals surface area contributed by atoms with Crippen LogP contribution < -0.4 is 9.62 Å². The summed E-state index contributed by atoms with van der Waals surface area (Å²) in [5.74, 6) is -0.686. The minimum absolute atomic E-state index is 0.0833. The van der Waals surface area contributed by atoms with E-state index in [1.165, 1.54) is 4.90 Å². The summed E-state index contributed by atoms with van der Waals surface area (Å²) in [6.07, 6.45) is 1.49. The maximum atomic E-state index is 13.7. The number of benzene rings is 2. The highest BCUT2D eigenvalue weighted by Gasteiger charge is 2.32. The lowest BCUT2D eigenvalue weighted by Crippen LogP contribution is -2.53. The Kier molecular flexibility index (Phi) is 9.27. The lowest BCUT2D eigenvalue weighted by Gasteiger charge is -2.33. The van der Waals surface area contributed by atoms with Gasteiger partial charge in [-0.1, -0.05) is 37.3 Å². The summed E-state index contributed by atoms with van der Waals surface area (Å²) < 4.78 is 26.5. The summed E-state index contributed by atoms with van der Waals surface area (Å²) in [6.45, 7) is 11.2. The summed E-state index contributed by atoms with van der Waals surface area (Å²) in [5, 5.41) is 2.89. The molecule has 0 aliphatic rings. The van der Waals surface area contributed by atoms with Crippen molar-refractivity contribution in [3.05, 3.63) is 64.7 Å². The quantitative estimate of drug-likeness (QED) is 0.554. The van der Waals surface area contributed by atoms with Crippen molar-refractivity contribution < 1.29 is 18.0 Å². The number of carbonyl (C=O) groups excluding carboxylic acids is 2. The summed E-state index contributed by atoms with van der Waals surface area (Å²) in [6, 6.07) is 12.2. The van der Waals surface area contributed by atoms with Crippen LogP contribution in [0.25, 0.3) is 0 Å². The largest absolute Gasteiger partial charge is 0.352 e. The molecule has 2 amide bonds. The van der Waals surface area contributed by atoms with Crippen molar-refractivity contribution in [2.24, 2.45) is 0 Å². The van der Waals surface area contributed by atoms with Crippen LogP contribution in [0.4, 0.5) is 5.69 Å². The number of aryl methyl sites for hydroxylation is 3. The highest BCUT2D eigenvalue weighted by Crippen LogP contribution is 2.23. The molecule has 0 aromatic heterocycles. The van der Waals surface area contributed by atoms with Gasteiger partial charge in [-0.15, -0.1) is 0 Å². The predicted octanol–water partition coefficient (Wildman–Crippen LogP) is 3.71. The third kappa shape index (κ3) is 7.06. The SMILES string of the molecule is CC[C@@H](C(=O)NC(C)C)N(Cc1ccccc1C)C(=O)CN(c1ccc(C)c(C)c1)S(C)(=O)=O. The molecule has 186 valence electrons. The normalized spacial score (nSPS) is 12.4. The van der Waals surface area contributed by atoms with Gasteiger partial charge >= 0.3 is 0 Å². The second-order valence-corrected chi connectivity index (χ2v) is 11.0. The van der Waals surface area contributed by atoms with Gasteiger partial charge in [0.15, 0.2) is 0 Å². The molecule has 0 saturated carbocycles. The van der Waals surface area contributed by atoms with Crippen molar-refractivity contribution in [1.82, 2.24) is 10.2 Å². The number of nitrogens with one attached hydrogen (secondary N) is 1. The van der Waals surface area contributed by atoms with Gasteiger partial charge in [0.1, 0.15) is 12.6 Å². The van der Waals surface area contributed by atoms with E-state index in [9.17, 15) is 18.0 Å². The van der Waals surface area contributed by atoms with Crippen molar-refractivity contribution in [1.29, 1.82) is 0 Å².